The van der Waals surface area contributed by atoms with Gasteiger partial charge in [-0.1, -0.05) is 0 Å². The van der Waals surface area contributed by atoms with Gasteiger partial charge in [0, 0.05) is 19.6 Å². The van der Waals surface area contributed by atoms with Crippen LogP contribution in [0, 0.1) is 6.92 Å². The Morgan fingerprint density at radius 2 is 2.05 bits per heavy atom. The smallest absolute Gasteiger partial charge is 0.246 e. The molecule has 0 radical (unpaired) electrons. The van der Waals surface area contributed by atoms with Crippen molar-refractivity contribution < 1.29 is 13.2 Å². The molecule has 8 heteroatoms. The van der Waals surface area contributed by atoms with Crippen LogP contribution < -0.4 is 5.73 Å². The van der Waals surface area contributed by atoms with Gasteiger partial charge in [0.15, 0.2) is 0 Å². The summed E-state index contributed by atoms with van der Waals surface area (Å²) in [6, 6.07) is 0. The van der Waals surface area contributed by atoms with E-state index in [1.165, 1.54) is 4.31 Å². The first-order chi connectivity index (χ1) is 9.02. The zero-order valence-corrected chi connectivity index (χ0v) is 11.6. The van der Waals surface area contributed by atoms with E-state index in [-0.39, 0.29) is 23.6 Å². The summed E-state index contributed by atoms with van der Waals surface area (Å²) in [4.78, 5) is 0.233. The molecule has 0 spiro atoms. The highest BCUT2D eigenvalue weighted by Crippen LogP contribution is 2.31. The molecule has 19 heavy (non-hydrogen) atoms. The van der Waals surface area contributed by atoms with Crippen molar-refractivity contribution in [2.24, 2.45) is 5.73 Å². The van der Waals surface area contributed by atoms with E-state index in [4.69, 9.17) is 10.5 Å². The first-order valence-corrected chi connectivity index (χ1v) is 7.86. The number of sulfonamides is 1. The van der Waals surface area contributed by atoms with Gasteiger partial charge in [-0.3, -0.25) is 5.10 Å². The molecule has 7 nitrogen and oxygen atoms in total. The van der Waals surface area contributed by atoms with Crippen LogP contribution in [0.15, 0.2) is 4.90 Å². The standard InChI is InChI=1S/C11H18N4O3S/c1-7-11(10(4-12)14-13-7)19(16,17)15-5-8-2-3-9(6-15)18-8/h8-9H,2-6,12H2,1H3,(H,13,14). The molecule has 2 aliphatic rings. The first kappa shape index (κ1) is 13.0. The largest absolute Gasteiger partial charge is 0.372 e. The highest BCUT2D eigenvalue weighted by Gasteiger charge is 2.40. The molecule has 1 aromatic rings. The quantitative estimate of drug-likeness (QED) is 0.796. The number of aromatic nitrogens is 2. The number of rotatable bonds is 3. The molecule has 1 aromatic heterocycles. The second kappa shape index (κ2) is 4.55. The minimum absolute atomic E-state index is 0.0297. The summed E-state index contributed by atoms with van der Waals surface area (Å²) in [5, 5.41) is 6.67. The Balaban J connectivity index is 1.96. The van der Waals surface area contributed by atoms with E-state index in [0.29, 0.717) is 24.5 Å². The SMILES string of the molecule is Cc1[nH]nc(CN)c1S(=O)(=O)N1CC2CCC(C1)O2. The van der Waals surface area contributed by atoms with Gasteiger partial charge in [-0.2, -0.15) is 9.40 Å². The van der Waals surface area contributed by atoms with E-state index in [9.17, 15) is 8.42 Å². The number of hydrogen-bond acceptors (Lipinski definition) is 5. The number of morpholine rings is 1. The lowest BCUT2D eigenvalue weighted by Gasteiger charge is -2.31. The Kier molecular flexibility index (Phi) is 3.12. The van der Waals surface area contributed by atoms with Crippen LogP contribution in [0.1, 0.15) is 24.2 Å². The predicted octanol–water partition coefficient (Wildman–Crippen LogP) is -0.271. The zero-order chi connectivity index (χ0) is 13.6. The van der Waals surface area contributed by atoms with Crippen LogP contribution in [-0.2, 0) is 21.3 Å². The van der Waals surface area contributed by atoms with Gasteiger partial charge in [0.2, 0.25) is 10.0 Å². The van der Waals surface area contributed by atoms with Gasteiger partial charge < -0.3 is 10.5 Å². The van der Waals surface area contributed by atoms with Crippen LogP contribution in [-0.4, -0.2) is 48.2 Å². The second-order valence-electron chi connectivity index (χ2n) is 5.11. The summed E-state index contributed by atoms with van der Waals surface area (Å²) >= 11 is 0. The van der Waals surface area contributed by atoms with Gasteiger partial charge in [-0.15, -0.1) is 0 Å². The van der Waals surface area contributed by atoms with E-state index in [0.717, 1.165) is 12.8 Å². The number of nitrogens with zero attached hydrogens (tertiary/aromatic N) is 2. The number of fused-ring (bicyclic) bond motifs is 2. The zero-order valence-electron chi connectivity index (χ0n) is 10.8. The van der Waals surface area contributed by atoms with Crippen molar-refractivity contribution in [3.05, 3.63) is 11.4 Å². The molecule has 0 aliphatic carbocycles. The third kappa shape index (κ3) is 2.08. The van der Waals surface area contributed by atoms with Crippen molar-refractivity contribution in [1.82, 2.24) is 14.5 Å². The molecule has 2 aliphatic heterocycles. The molecule has 106 valence electrons. The lowest BCUT2D eigenvalue weighted by atomic mass is 10.2. The van der Waals surface area contributed by atoms with Gasteiger partial charge in [0.1, 0.15) is 4.90 Å². The fourth-order valence-electron chi connectivity index (χ4n) is 2.85. The average molecular weight is 286 g/mol. The minimum atomic E-state index is -3.54. The highest BCUT2D eigenvalue weighted by atomic mass is 32.2. The highest BCUT2D eigenvalue weighted by molar-refractivity contribution is 7.89. The number of aryl methyl sites for hydroxylation is 1. The summed E-state index contributed by atoms with van der Waals surface area (Å²) < 4.78 is 32.6. The van der Waals surface area contributed by atoms with Crippen molar-refractivity contribution in [3.63, 3.8) is 0 Å². The molecule has 2 fully saturated rings. The maximum atomic E-state index is 12.7. The molecule has 0 amide bonds. The van der Waals surface area contributed by atoms with Crippen molar-refractivity contribution >= 4 is 10.0 Å². The van der Waals surface area contributed by atoms with Crippen molar-refractivity contribution in [3.8, 4) is 0 Å². The third-order valence-corrected chi connectivity index (χ3v) is 5.80. The lowest BCUT2D eigenvalue weighted by Crippen LogP contribution is -2.46. The summed E-state index contributed by atoms with van der Waals surface area (Å²) in [6.07, 6.45) is 1.93. The van der Waals surface area contributed by atoms with Crippen LogP contribution in [0.5, 0.6) is 0 Å². The minimum Gasteiger partial charge on any atom is -0.372 e. The molecule has 3 rings (SSSR count). The van der Waals surface area contributed by atoms with E-state index < -0.39 is 10.0 Å². The van der Waals surface area contributed by atoms with Gasteiger partial charge in [-0.05, 0) is 19.8 Å². The van der Waals surface area contributed by atoms with E-state index in [1.807, 2.05) is 0 Å². The summed E-state index contributed by atoms with van der Waals surface area (Å²) in [7, 11) is -3.54. The van der Waals surface area contributed by atoms with Gasteiger partial charge >= 0.3 is 0 Å². The van der Waals surface area contributed by atoms with Crippen LogP contribution in [0.2, 0.25) is 0 Å². The predicted molar refractivity (Wildman–Crippen MR) is 67.9 cm³/mol. The molecule has 0 aromatic carbocycles. The molecule has 2 atom stereocenters. The Hall–Kier alpha value is -0.960. The van der Waals surface area contributed by atoms with E-state index in [2.05, 4.69) is 10.2 Å². The van der Waals surface area contributed by atoms with Gasteiger partial charge in [0.25, 0.3) is 0 Å². The molecule has 2 bridgehead atoms. The molecular weight excluding hydrogens is 268 g/mol. The van der Waals surface area contributed by atoms with Crippen LogP contribution in [0.4, 0.5) is 0 Å². The Morgan fingerprint density at radius 1 is 1.42 bits per heavy atom. The van der Waals surface area contributed by atoms with Crippen molar-refractivity contribution in [2.45, 2.75) is 43.4 Å². The lowest BCUT2D eigenvalue weighted by molar-refractivity contribution is -0.0114. The molecule has 2 unspecified atom stereocenters. The molecular formula is C11H18N4O3S. The van der Waals surface area contributed by atoms with Gasteiger partial charge in [-0.25, -0.2) is 8.42 Å². The number of H-pyrrole nitrogens is 1. The normalized spacial score (nSPS) is 27.9. The molecule has 0 saturated carbocycles. The van der Waals surface area contributed by atoms with Gasteiger partial charge in [0.05, 0.1) is 23.6 Å². The first-order valence-electron chi connectivity index (χ1n) is 6.42. The summed E-state index contributed by atoms with van der Waals surface area (Å²) in [5.41, 5.74) is 6.51. The summed E-state index contributed by atoms with van der Waals surface area (Å²) in [6.45, 7) is 2.66. The maximum Gasteiger partial charge on any atom is 0.246 e. The second-order valence-corrected chi connectivity index (χ2v) is 6.98. The number of hydrogen-bond donors (Lipinski definition) is 2. The topological polar surface area (TPSA) is 101 Å². The number of nitrogens with one attached hydrogen (secondary N) is 1. The van der Waals surface area contributed by atoms with Crippen molar-refractivity contribution in [1.29, 1.82) is 0 Å². The third-order valence-electron chi connectivity index (χ3n) is 3.76. The number of ether oxygens (including phenoxy) is 1. The Bertz CT molecular complexity index is 571. The molecule has 3 heterocycles. The summed E-state index contributed by atoms with van der Waals surface area (Å²) in [5.74, 6) is 0. The maximum absolute atomic E-state index is 12.7. The molecule has 2 saturated heterocycles. The monoisotopic (exact) mass is 286 g/mol. The number of nitrogens with two attached hydrogens (primary N) is 1. The average Bonchev–Trinajstić information content (AvgIpc) is 2.92. The van der Waals surface area contributed by atoms with Crippen LogP contribution in [0.3, 0.4) is 0 Å². The van der Waals surface area contributed by atoms with E-state index >= 15 is 0 Å². The molecule has 3 N–H and O–H groups in total. The Labute approximate surface area is 112 Å². The van der Waals surface area contributed by atoms with Crippen LogP contribution >= 0.6 is 0 Å². The fraction of sp³-hybridized carbons (Fsp3) is 0.727. The fourth-order valence-corrected chi connectivity index (χ4v) is 4.70. The van der Waals surface area contributed by atoms with Crippen LogP contribution in [0.25, 0.3) is 0 Å². The Morgan fingerprint density at radius 3 is 2.63 bits per heavy atom. The van der Waals surface area contributed by atoms with Crippen molar-refractivity contribution in [2.75, 3.05) is 13.1 Å². The van der Waals surface area contributed by atoms with E-state index in [1.54, 1.807) is 6.92 Å². The number of aromatic amines is 1.